The number of aryl methyl sites for hydroxylation is 1. The molecule has 5 heteroatoms. The summed E-state index contributed by atoms with van der Waals surface area (Å²) in [6.45, 7) is 1.91. The highest BCUT2D eigenvalue weighted by atomic mass is 15.4. The average Bonchev–Trinajstić information content (AvgIpc) is 2.81. The van der Waals surface area contributed by atoms with E-state index in [9.17, 15) is 0 Å². The van der Waals surface area contributed by atoms with E-state index in [2.05, 4.69) is 20.3 Å². The van der Waals surface area contributed by atoms with Crippen LogP contribution in [0.4, 0.5) is 0 Å². The van der Waals surface area contributed by atoms with Crippen molar-refractivity contribution in [2.75, 3.05) is 0 Å². The van der Waals surface area contributed by atoms with Gasteiger partial charge in [-0.15, -0.1) is 5.10 Å². The summed E-state index contributed by atoms with van der Waals surface area (Å²) in [6, 6.07) is 7.77. The minimum Gasteiger partial charge on any atom is -0.248 e. The SMILES string of the molecule is Cc1nc2ccccc2nc1-n1ccnn1. The number of rotatable bonds is 1. The van der Waals surface area contributed by atoms with Gasteiger partial charge in [0.1, 0.15) is 0 Å². The van der Waals surface area contributed by atoms with Gasteiger partial charge in [0.2, 0.25) is 0 Å². The van der Waals surface area contributed by atoms with E-state index in [0.29, 0.717) is 0 Å². The molecule has 0 N–H and O–H groups in total. The Morgan fingerprint density at radius 2 is 1.81 bits per heavy atom. The molecule has 0 aliphatic carbocycles. The van der Waals surface area contributed by atoms with Gasteiger partial charge in [0, 0.05) is 0 Å². The molecule has 0 atom stereocenters. The normalized spacial score (nSPS) is 10.8. The molecule has 3 rings (SSSR count). The minimum atomic E-state index is 0.719. The predicted molar refractivity (Wildman–Crippen MR) is 59.2 cm³/mol. The molecule has 0 fully saturated rings. The van der Waals surface area contributed by atoms with E-state index in [4.69, 9.17) is 0 Å². The van der Waals surface area contributed by atoms with Crippen molar-refractivity contribution in [2.24, 2.45) is 0 Å². The van der Waals surface area contributed by atoms with Gasteiger partial charge in [0.05, 0.1) is 29.1 Å². The van der Waals surface area contributed by atoms with E-state index < -0.39 is 0 Å². The molecule has 5 nitrogen and oxygen atoms in total. The van der Waals surface area contributed by atoms with Crippen molar-refractivity contribution in [3.63, 3.8) is 0 Å². The molecule has 0 spiro atoms. The van der Waals surface area contributed by atoms with Crippen LogP contribution in [0, 0.1) is 6.92 Å². The van der Waals surface area contributed by atoms with Gasteiger partial charge in [-0.3, -0.25) is 0 Å². The van der Waals surface area contributed by atoms with Gasteiger partial charge >= 0.3 is 0 Å². The zero-order valence-corrected chi connectivity index (χ0v) is 8.70. The highest BCUT2D eigenvalue weighted by Gasteiger charge is 2.06. The monoisotopic (exact) mass is 211 g/mol. The quantitative estimate of drug-likeness (QED) is 0.612. The van der Waals surface area contributed by atoms with Crippen molar-refractivity contribution in [2.45, 2.75) is 6.92 Å². The van der Waals surface area contributed by atoms with Crippen LogP contribution in [-0.4, -0.2) is 25.0 Å². The Kier molecular flexibility index (Phi) is 1.89. The Bertz CT molecular complexity index is 630. The largest absolute Gasteiger partial charge is 0.248 e. The summed E-state index contributed by atoms with van der Waals surface area (Å²) in [6.07, 6.45) is 3.38. The van der Waals surface area contributed by atoms with Crippen molar-refractivity contribution in [1.29, 1.82) is 0 Å². The Morgan fingerprint density at radius 1 is 1.06 bits per heavy atom. The number of hydrogen-bond donors (Lipinski definition) is 0. The number of fused-ring (bicyclic) bond motifs is 1. The molecule has 0 radical (unpaired) electrons. The number of hydrogen-bond acceptors (Lipinski definition) is 4. The molecule has 0 aliphatic rings. The molecule has 0 aliphatic heterocycles. The second-order valence-electron chi connectivity index (χ2n) is 3.47. The lowest BCUT2D eigenvalue weighted by Gasteiger charge is -2.04. The fourth-order valence-corrected chi connectivity index (χ4v) is 1.62. The first-order valence-electron chi connectivity index (χ1n) is 4.95. The zero-order valence-electron chi connectivity index (χ0n) is 8.70. The summed E-state index contributed by atoms with van der Waals surface area (Å²) in [7, 11) is 0. The van der Waals surface area contributed by atoms with Crippen LogP contribution in [0.3, 0.4) is 0 Å². The average molecular weight is 211 g/mol. The topological polar surface area (TPSA) is 56.5 Å². The minimum absolute atomic E-state index is 0.719. The van der Waals surface area contributed by atoms with Gasteiger partial charge in [-0.2, -0.15) is 0 Å². The smallest absolute Gasteiger partial charge is 0.177 e. The van der Waals surface area contributed by atoms with Crippen molar-refractivity contribution >= 4 is 11.0 Å². The second-order valence-corrected chi connectivity index (χ2v) is 3.47. The van der Waals surface area contributed by atoms with Crippen LogP contribution in [0.5, 0.6) is 0 Å². The lowest BCUT2D eigenvalue weighted by atomic mass is 10.3. The summed E-state index contributed by atoms with van der Waals surface area (Å²) in [5.74, 6) is 0.719. The van der Waals surface area contributed by atoms with Gasteiger partial charge in [0.15, 0.2) is 5.82 Å². The maximum atomic E-state index is 4.52. The van der Waals surface area contributed by atoms with Gasteiger partial charge < -0.3 is 0 Å². The predicted octanol–water partition coefficient (Wildman–Crippen LogP) is 1.52. The summed E-state index contributed by atoms with van der Waals surface area (Å²) in [5.41, 5.74) is 2.59. The first-order valence-corrected chi connectivity index (χ1v) is 4.95. The second kappa shape index (κ2) is 3.37. The first kappa shape index (κ1) is 8.96. The molecule has 2 aromatic heterocycles. The maximum Gasteiger partial charge on any atom is 0.177 e. The molecular weight excluding hydrogens is 202 g/mol. The van der Waals surface area contributed by atoms with Crippen LogP contribution in [0.1, 0.15) is 5.69 Å². The van der Waals surface area contributed by atoms with Crippen molar-refractivity contribution in [3.05, 3.63) is 42.4 Å². The van der Waals surface area contributed by atoms with Crippen molar-refractivity contribution in [1.82, 2.24) is 25.0 Å². The molecule has 2 heterocycles. The molecule has 0 saturated carbocycles. The van der Waals surface area contributed by atoms with Crippen molar-refractivity contribution < 1.29 is 0 Å². The fraction of sp³-hybridized carbons (Fsp3) is 0.0909. The number of para-hydroxylation sites is 2. The third kappa shape index (κ3) is 1.33. The van der Waals surface area contributed by atoms with Crippen molar-refractivity contribution in [3.8, 4) is 5.82 Å². The van der Waals surface area contributed by atoms with E-state index in [1.807, 2.05) is 31.2 Å². The van der Waals surface area contributed by atoms with Crippen LogP contribution in [0.2, 0.25) is 0 Å². The Balaban J connectivity index is 2.30. The van der Waals surface area contributed by atoms with Gasteiger partial charge in [-0.25, -0.2) is 14.6 Å². The maximum absolute atomic E-state index is 4.52. The number of aromatic nitrogens is 5. The summed E-state index contributed by atoms with van der Waals surface area (Å²) < 4.78 is 1.62. The van der Waals surface area contributed by atoms with Gasteiger partial charge in [-0.1, -0.05) is 17.3 Å². The molecule has 0 amide bonds. The summed E-state index contributed by atoms with van der Waals surface area (Å²) in [5, 5.41) is 7.68. The van der Waals surface area contributed by atoms with Gasteiger partial charge in [-0.05, 0) is 19.1 Å². The van der Waals surface area contributed by atoms with E-state index >= 15 is 0 Å². The van der Waals surface area contributed by atoms with E-state index in [-0.39, 0.29) is 0 Å². The highest BCUT2D eigenvalue weighted by molar-refractivity contribution is 5.75. The highest BCUT2D eigenvalue weighted by Crippen LogP contribution is 2.14. The molecule has 16 heavy (non-hydrogen) atoms. The third-order valence-electron chi connectivity index (χ3n) is 2.36. The van der Waals surface area contributed by atoms with E-state index in [1.54, 1.807) is 17.1 Å². The van der Waals surface area contributed by atoms with Gasteiger partial charge in [0.25, 0.3) is 0 Å². The van der Waals surface area contributed by atoms with E-state index in [0.717, 1.165) is 22.5 Å². The molecule has 3 aromatic rings. The molecule has 1 aromatic carbocycles. The van der Waals surface area contributed by atoms with Crippen LogP contribution in [0.15, 0.2) is 36.7 Å². The van der Waals surface area contributed by atoms with Crippen LogP contribution >= 0.6 is 0 Å². The lowest BCUT2D eigenvalue weighted by Crippen LogP contribution is -2.03. The summed E-state index contributed by atoms with van der Waals surface area (Å²) >= 11 is 0. The molecular formula is C11H9N5. The first-order chi connectivity index (χ1) is 7.84. The Hall–Kier alpha value is -2.30. The Labute approximate surface area is 91.8 Å². The standard InChI is InChI=1S/C11H9N5/c1-8-11(16-7-6-12-15-16)14-10-5-3-2-4-9(10)13-8/h2-7H,1H3. The van der Waals surface area contributed by atoms with Crippen LogP contribution in [0.25, 0.3) is 16.9 Å². The number of nitrogens with zero attached hydrogens (tertiary/aromatic N) is 5. The fourth-order valence-electron chi connectivity index (χ4n) is 1.62. The summed E-state index contributed by atoms with van der Waals surface area (Å²) in [4.78, 5) is 9.00. The molecule has 78 valence electrons. The lowest BCUT2D eigenvalue weighted by molar-refractivity contribution is 0.773. The Morgan fingerprint density at radius 3 is 2.50 bits per heavy atom. The molecule has 0 unspecified atom stereocenters. The van der Waals surface area contributed by atoms with E-state index in [1.165, 1.54) is 0 Å². The van der Waals surface area contributed by atoms with Crippen LogP contribution < -0.4 is 0 Å². The molecule has 0 saturated heterocycles. The molecule has 0 bridgehead atoms. The van der Waals surface area contributed by atoms with Crippen LogP contribution in [-0.2, 0) is 0 Å². The zero-order chi connectivity index (χ0) is 11.0. The third-order valence-corrected chi connectivity index (χ3v) is 2.36. The number of benzene rings is 1.